The third-order valence-electron chi connectivity index (χ3n) is 5.37. The molecular weight excluding hydrogens is 501 g/mol. The highest BCUT2D eigenvalue weighted by molar-refractivity contribution is 7.89. The number of halogens is 3. The number of ether oxygens (including phenoxy) is 1. The maximum atomic E-state index is 13.0. The molecule has 1 fully saturated rings. The van der Waals surface area contributed by atoms with Gasteiger partial charge in [-0.2, -0.15) is 32.4 Å². The van der Waals surface area contributed by atoms with E-state index < -0.39 is 28.8 Å². The Bertz CT molecular complexity index is 1290. The summed E-state index contributed by atoms with van der Waals surface area (Å²) in [5.74, 6) is 1.37. The number of anilines is 2. The van der Waals surface area contributed by atoms with Crippen molar-refractivity contribution in [2.45, 2.75) is 31.5 Å². The maximum absolute atomic E-state index is 13.0. The average Bonchev–Trinajstić information content (AvgIpc) is 3.26. The minimum atomic E-state index is -4.57. The van der Waals surface area contributed by atoms with Gasteiger partial charge in [-0.25, -0.2) is 8.42 Å². The zero-order chi connectivity index (χ0) is 25.9. The number of aromatic nitrogens is 3. The topological polar surface area (TPSA) is 114 Å². The van der Waals surface area contributed by atoms with E-state index in [9.17, 15) is 21.6 Å². The predicted octanol–water partition coefficient (Wildman–Crippen LogP) is 3.15. The Morgan fingerprint density at radius 2 is 1.69 bits per heavy atom. The number of hydrogen-bond donors (Lipinski definition) is 1. The van der Waals surface area contributed by atoms with Gasteiger partial charge in [-0.05, 0) is 38.1 Å². The molecule has 194 valence electrons. The summed E-state index contributed by atoms with van der Waals surface area (Å²) in [4.78, 5) is 14.1. The third kappa shape index (κ3) is 6.43. The summed E-state index contributed by atoms with van der Waals surface area (Å²) in [6, 6.07) is 9.61. The maximum Gasteiger partial charge on any atom is 0.422 e. The number of alkyl halides is 3. The van der Waals surface area contributed by atoms with Crippen LogP contribution in [0.25, 0.3) is 0 Å². The fourth-order valence-corrected chi connectivity index (χ4v) is 4.93. The van der Waals surface area contributed by atoms with Crippen LogP contribution in [0.15, 0.2) is 45.7 Å². The largest absolute Gasteiger partial charge is 0.465 e. The summed E-state index contributed by atoms with van der Waals surface area (Å²) in [5, 5.41) is 2.90. The first-order valence-electron chi connectivity index (χ1n) is 11.1. The van der Waals surface area contributed by atoms with E-state index >= 15 is 0 Å². The standard InChI is InChI=1S/C22H25F3N6O4S/c1-15-3-7-18(8-4-15)36(32,33)31-11-9-30(10-12-31)20-27-19(26-13-17-6-5-16(2)35-17)28-21(29-20)34-14-22(23,24)25/h3-8H,9-14H2,1-2H3,(H,26,27,28,29). The second kappa shape index (κ2) is 10.3. The van der Waals surface area contributed by atoms with Gasteiger partial charge in [-0.15, -0.1) is 0 Å². The van der Waals surface area contributed by atoms with E-state index in [-0.39, 0.29) is 49.5 Å². The Morgan fingerprint density at radius 3 is 2.31 bits per heavy atom. The van der Waals surface area contributed by atoms with Crippen LogP contribution in [-0.4, -0.2) is 66.6 Å². The minimum Gasteiger partial charge on any atom is -0.465 e. The molecule has 3 aromatic rings. The molecule has 10 nitrogen and oxygen atoms in total. The lowest BCUT2D eigenvalue weighted by Gasteiger charge is -2.34. The zero-order valence-corrected chi connectivity index (χ0v) is 20.4. The van der Waals surface area contributed by atoms with Crippen LogP contribution in [0.1, 0.15) is 17.1 Å². The Morgan fingerprint density at radius 1 is 1.00 bits per heavy atom. The minimum absolute atomic E-state index is 0.000865. The van der Waals surface area contributed by atoms with Gasteiger partial charge in [0.1, 0.15) is 11.5 Å². The van der Waals surface area contributed by atoms with Gasteiger partial charge in [-0.1, -0.05) is 17.7 Å². The lowest BCUT2D eigenvalue weighted by Crippen LogP contribution is -2.49. The van der Waals surface area contributed by atoms with Crippen LogP contribution in [0, 0.1) is 13.8 Å². The highest BCUT2D eigenvalue weighted by Crippen LogP contribution is 2.23. The van der Waals surface area contributed by atoms with Crippen molar-refractivity contribution in [3.63, 3.8) is 0 Å². The fraction of sp³-hybridized carbons (Fsp3) is 0.409. The molecule has 0 bridgehead atoms. The first kappa shape index (κ1) is 25.7. The second-order valence-electron chi connectivity index (χ2n) is 8.22. The van der Waals surface area contributed by atoms with Gasteiger partial charge in [0.25, 0.3) is 0 Å². The summed E-state index contributed by atoms with van der Waals surface area (Å²) in [6.07, 6.45) is -4.57. The molecule has 3 heterocycles. The molecular formula is C22H25F3N6O4S. The molecule has 0 atom stereocenters. The Kier molecular flexibility index (Phi) is 7.36. The molecule has 1 N–H and O–H groups in total. The molecule has 1 aliphatic rings. The van der Waals surface area contributed by atoms with Crippen molar-refractivity contribution < 1.29 is 30.7 Å². The van der Waals surface area contributed by atoms with E-state index in [2.05, 4.69) is 20.3 Å². The Labute approximate surface area is 206 Å². The van der Waals surface area contributed by atoms with Crippen LogP contribution >= 0.6 is 0 Å². The summed E-state index contributed by atoms with van der Waals surface area (Å²) in [5.41, 5.74) is 0.948. The Hall–Kier alpha value is -3.39. The average molecular weight is 527 g/mol. The molecule has 0 unspecified atom stereocenters. The number of aryl methyl sites for hydroxylation is 2. The van der Waals surface area contributed by atoms with E-state index in [4.69, 9.17) is 9.15 Å². The van der Waals surface area contributed by atoms with Crippen LogP contribution in [-0.2, 0) is 16.6 Å². The molecule has 0 saturated carbocycles. The van der Waals surface area contributed by atoms with Crippen molar-refractivity contribution in [2.24, 2.45) is 0 Å². The first-order chi connectivity index (χ1) is 17.0. The molecule has 1 saturated heterocycles. The molecule has 1 aliphatic heterocycles. The van der Waals surface area contributed by atoms with Gasteiger partial charge >= 0.3 is 12.2 Å². The molecule has 14 heteroatoms. The highest BCUT2D eigenvalue weighted by Gasteiger charge is 2.31. The molecule has 4 rings (SSSR count). The lowest BCUT2D eigenvalue weighted by atomic mass is 10.2. The van der Waals surface area contributed by atoms with Gasteiger partial charge in [0.2, 0.25) is 21.9 Å². The van der Waals surface area contributed by atoms with E-state index in [1.807, 2.05) is 6.92 Å². The van der Waals surface area contributed by atoms with E-state index in [0.717, 1.165) is 5.56 Å². The van der Waals surface area contributed by atoms with Crippen LogP contribution in [0.5, 0.6) is 6.01 Å². The van der Waals surface area contributed by atoms with Crippen LogP contribution in [0.2, 0.25) is 0 Å². The number of nitrogens with one attached hydrogen (secondary N) is 1. The van der Waals surface area contributed by atoms with E-state index in [1.165, 1.54) is 4.31 Å². The third-order valence-corrected chi connectivity index (χ3v) is 7.28. The summed E-state index contributed by atoms with van der Waals surface area (Å²) in [6.45, 7) is 3.04. The molecule has 1 aromatic carbocycles. The van der Waals surface area contributed by atoms with Crippen molar-refractivity contribution in [1.82, 2.24) is 19.3 Å². The number of rotatable bonds is 8. The molecule has 36 heavy (non-hydrogen) atoms. The summed E-state index contributed by atoms with van der Waals surface area (Å²) < 4.78 is 75.6. The lowest BCUT2D eigenvalue weighted by molar-refractivity contribution is -0.154. The van der Waals surface area contributed by atoms with E-state index in [0.29, 0.717) is 11.5 Å². The smallest absolute Gasteiger partial charge is 0.422 e. The van der Waals surface area contributed by atoms with Crippen LogP contribution < -0.4 is 15.0 Å². The quantitative estimate of drug-likeness (QED) is 0.473. The Balaban J connectivity index is 1.49. The second-order valence-corrected chi connectivity index (χ2v) is 10.2. The normalized spacial score (nSPS) is 15.2. The van der Waals surface area contributed by atoms with Gasteiger partial charge in [0.15, 0.2) is 6.61 Å². The van der Waals surface area contributed by atoms with Gasteiger partial charge < -0.3 is 19.4 Å². The van der Waals surface area contributed by atoms with Gasteiger partial charge in [0.05, 0.1) is 11.4 Å². The van der Waals surface area contributed by atoms with Gasteiger partial charge in [0, 0.05) is 26.2 Å². The summed E-state index contributed by atoms with van der Waals surface area (Å²) in [7, 11) is -3.68. The number of nitrogens with zero attached hydrogens (tertiary/aromatic N) is 5. The SMILES string of the molecule is Cc1ccc(S(=O)(=O)N2CCN(c3nc(NCc4ccc(C)o4)nc(OCC(F)(F)F)n3)CC2)cc1. The van der Waals surface area contributed by atoms with Crippen molar-refractivity contribution in [3.8, 4) is 6.01 Å². The number of benzene rings is 1. The van der Waals surface area contributed by atoms with Gasteiger partial charge in [-0.3, -0.25) is 0 Å². The first-order valence-corrected chi connectivity index (χ1v) is 12.5. The number of piperazine rings is 1. The van der Waals surface area contributed by atoms with Crippen LogP contribution in [0.4, 0.5) is 25.1 Å². The molecule has 0 amide bonds. The molecule has 0 aliphatic carbocycles. The highest BCUT2D eigenvalue weighted by atomic mass is 32.2. The van der Waals surface area contributed by atoms with E-state index in [1.54, 1.807) is 48.2 Å². The number of sulfonamides is 1. The molecule has 0 spiro atoms. The zero-order valence-electron chi connectivity index (χ0n) is 19.6. The van der Waals surface area contributed by atoms with Crippen molar-refractivity contribution in [1.29, 1.82) is 0 Å². The predicted molar refractivity (Wildman–Crippen MR) is 124 cm³/mol. The number of hydrogen-bond acceptors (Lipinski definition) is 9. The summed E-state index contributed by atoms with van der Waals surface area (Å²) >= 11 is 0. The van der Waals surface area contributed by atoms with Crippen LogP contribution in [0.3, 0.4) is 0 Å². The molecule has 0 radical (unpaired) electrons. The van der Waals surface area contributed by atoms with Crippen molar-refractivity contribution in [2.75, 3.05) is 43.0 Å². The fourth-order valence-electron chi connectivity index (χ4n) is 3.51. The van der Waals surface area contributed by atoms with Crippen molar-refractivity contribution in [3.05, 3.63) is 53.5 Å². The van der Waals surface area contributed by atoms with Crippen molar-refractivity contribution >= 4 is 21.9 Å². The molecule has 2 aromatic heterocycles. The monoisotopic (exact) mass is 526 g/mol. The number of furan rings is 1.